The van der Waals surface area contributed by atoms with Gasteiger partial charge in [0.05, 0.1) is 7.11 Å². The van der Waals surface area contributed by atoms with Gasteiger partial charge >= 0.3 is 5.63 Å². The van der Waals surface area contributed by atoms with E-state index in [-0.39, 0.29) is 5.63 Å². The molecule has 0 saturated heterocycles. The molecule has 2 heterocycles. The molecule has 2 aromatic heterocycles. The van der Waals surface area contributed by atoms with Crippen LogP contribution in [0.5, 0.6) is 5.75 Å². The largest absolute Gasteiger partial charge is 0.497 e. The minimum atomic E-state index is -0.382. The normalized spacial score (nSPS) is 11.3. The first-order valence-electron chi connectivity index (χ1n) is 7.69. The summed E-state index contributed by atoms with van der Waals surface area (Å²) in [5, 5.41) is 1.92. The lowest BCUT2D eigenvalue weighted by atomic mass is 10.00. The molecule has 120 valence electrons. The highest BCUT2D eigenvalue weighted by Gasteiger charge is 2.13. The van der Waals surface area contributed by atoms with E-state index in [2.05, 4.69) is 0 Å². The Labute approximate surface area is 138 Å². The predicted octanol–water partition coefficient (Wildman–Crippen LogP) is 4.83. The molecular formula is C20H16O4. The molecule has 2 aromatic carbocycles. The molecule has 4 heteroatoms. The molecule has 0 amide bonds. The maximum absolute atomic E-state index is 12.0. The van der Waals surface area contributed by atoms with Gasteiger partial charge in [-0.05, 0) is 48.7 Å². The molecule has 0 aliphatic carbocycles. The van der Waals surface area contributed by atoms with Crippen molar-refractivity contribution >= 4 is 21.9 Å². The number of rotatable bonds is 2. The highest BCUT2D eigenvalue weighted by atomic mass is 16.5. The zero-order valence-corrected chi connectivity index (χ0v) is 13.7. The van der Waals surface area contributed by atoms with Gasteiger partial charge in [-0.3, -0.25) is 0 Å². The lowest BCUT2D eigenvalue weighted by Gasteiger charge is -2.07. The van der Waals surface area contributed by atoms with Crippen LogP contribution in [-0.4, -0.2) is 7.11 Å². The predicted molar refractivity (Wildman–Crippen MR) is 93.7 cm³/mol. The second-order valence-electron chi connectivity index (χ2n) is 5.84. The zero-order valence-electron chi connectivity index (χ0n) is 13.7. The van der Waals surface area contributed by atoms with Crippen LogP contribution in [0, 0.1) is 13.8 Å². The molecule has 0 saturated carbocycles. The van der Waals surface area contributed by atoms with Crippen LogP contribution >= 0.6 is 0 Å². The molecule has 0 fully saturated rings. The fourth-order valence-corrected chi connectivity index (χ4v) is 3.01. The monoisotopic (exact) mass is 320 g/mol. The summed E-state index contributed by atoms with van der Waals surface area (Å²) in [6, 6.07) is 13.0. The summed E-state index contributed by atoms with van der Waals surface area (Å²) < 4.78 is 16.3. The Morgan fingerprint density at radius 2 is 1.58 bits per heavy atom. The van der Waals surface area contributed by atoms with Gasteiger partial charge in [-0.25, -0.2) is 4.79 Å². The number of ether oxygens (including phenoxy) is 1. The van der Waals surface area contributed by atoms with E-state index in [1.165, 1.54) is 6.07 Å². The van der Waals surface area contributed by atoms with Gasteiger partial charge in [0.15, 0.2) is 0 Å². The fourth-order valence-electron chi connectivity index (χ4n) is 3.01. The average molecular weight is 320 g/mol. The number of hydrogen-bond donors (Lipinski definition) is 0. The van der Waals surface area contributed by atoms with E-state index in [1.807, 2.05) is 44.2 Å². The molecule has 0 bridgehead atoms. The summed E-state index contributed by atoms with van der Waals surface area (Å²) in [7, 11) is 1.63. The van der Waals surface area contributed by atoms with Gasteiger partial charge < -0.3 is 13.6 Å². The summed E-state index contributed by atoms with van der Waals surface area (Å²) in [5.74, 6) is 1.64. The summed E-state index contributed by atoms with van der Waals surface area (Å²) in [5.41, 5.74) is 3.74. The summed E-state index contributed by atoms with van der Waals surface area (Å²) >= 11 is 0. The Kier molecular flexibility index (Phi) is 3.20. The minimum absolute atomic E-state index is 0.382. The Morgan fingerprint density at radius 3 is 2.29 bits per heavy atom. The van der Waals surface area contributed by atoms with Crippen LogP contribution in [-0.2, 0) is 0 Å². The van der Waals surface area contributed by atoms with Crippen molar-refractivity contribution in [1.82, 2.24) is 0 Å². The standard InChI is InChI=1S/C20H16O4/c1-11-12(2)23-18-10-19-17(8-15(11)18)16(9-20(21)24-19)13-4-6-14(22-3)7-5-13/h4-10H,1-3H3. The SMILES string of the molecule is COc1ccc(-c2cc(=O)oc3cc4oc(C)c(C)c4cc23)cc1. The van der Waals surface area contributed by atoms with Gasteiger partial charge in [0, 0.05) is 22.9 Å². The lowest BCUT2D eigenvalue weighted by Crippen LogP contribution is -1.98. The molecule has 24 heavy (non-hydrogen) atoms. The summed E-state index contributed by atoms with van der Waals surface area (Å²) in [6.45, 7) is 3.96. The maximum atomic E-state index is 12.0. The third-order valence-corrected chi connectivity index (χ3v) is 4.44. The minimum Gasteiger partial charge on any atom is -0.497 e. The Bertz CT molecular complexity index is 1110. The number of aryl methyl sites for hydroxylation is 2. The van der Waals surface area contributed by atoms with Crippen molar-refractivity contribution in [3.63, 3.8) is 0 Å². The van der Waals surface area contributed by atoms with Crippen molar-refractivity contribution in [1.29, 1.82) is 0 Å². The van der Waals surface area contributed by atoms with Crippen molar-refractivity contribution in [2.24, 2.45) is 0 Å². The van der Waals surface area contributed by atoms with Gasteiger partial charge in [-0.2, -0.15) is 0 Å². The lowest BCUT2D eigenvalue weighted by molar-refractivity contribution is 0.415. The van der Waals surface area contributed by atoms with Crippen molar-refractivity contribution < 1.29 is 13.6 Å². The number of furan rings is 1. The number of benzene rings is 2. The van der Waals surface area contributed by atoms with E-state index in [9.17, 15) is 4.79 Å². The molecule has 4 nitrogen and oxygen atoms in total. The first-order chi connectivity index (χ1) is 11.6. The summed E-state index contributed by atoms with van der Waals surface area (Å²) in [4.78, 5) is 12.0. The molecule has 0 spiro atoms. The van der Waals surface area contributed by atoms with E-state index in [0.29, 0.717) is 5.58 Å². The maximum Gasteiger partial charge on any atom is 0.336 e. The quantitative estimate of drug-likeness (QED) is 0.496. The van der Waals surface area contributed by atoms with Gasteiger partial charge in [0.25, 0.3) is 0 Å². The van der Waals surface area contributed by atoms with E-state index in [0.717, 1.165) is 44.6 Å². The fraction of sp³-hybridized carbons (Fsp3) is 0.150. The van der Waals surface area contributed by atoms with E-state index in [4.69, 9.17) is 13.6 Å². The zero-order chi connectivity index (χ0) is 16.8. The first-order valence-corrected chi connectivity index (χ1v) is 7.69. The number of hydrogen-bond acceptors (Lipinski definition) is 4. The molecule has 0 atom stereocenters. The Balaban J connectivity index is 2.05. The van der Waals surface area contributed by atoms with Crippen LogP contribution in [0.15, 0.2) is 56.1 Å². The number of fused-ring (bicyclic) bond motifs is 2. The number of methoxy groups -OCH3 is 1. The topological polar surface area (TPSA) is 52.6 Å². The molecule has 4 aromatic rings. The summed E-state index contributed by atoms with van der Waals surface area (Å²) in [6.07, 6.45) is 0. The van der Waals surface area contributed by atoms with Gasteiger partial charge in [0.2, 0.25) is 0 Å². The van der Waals surface area contributed by atoms with Gasteiger partial charge in [-0.1, -0.05) is 12.1 Å². The van der Waals surface area contributed by atoms with Crippen LogP contribution in [0.4, 0.5) is 0 Å². The smallest absolute Gasteiger partial charge is 0.336 e. The highest BCUT2D eigenvalue weighted by molar-refractivity contribution is 6.02. The third-order valence-electron chi connectivity index (χ3n) is 4.44. The van der Waals surface area contributed by atoms with Crippen molar-refractivity contribution in [2.75, 3.05) is 7.11 Å². The van der Waals surface area contributed by atoms with E-state index >= 15 is 0 Å². The van der Waals surface area contributed by atoms with E-state index < -0.39 is 0 Å². The van der Waals surface area contributed by atoms with Gasteiger partial charge in [0.1, 0.15) is 22.7 Å². The molecule has 0 unspecified atom stereocenters. The third kappa shape index (κ3) is 2.19. The molecule has 4 rings (SSSR count). The Hall–Kier alpha value is -3.01. The van der Waals surface area contributed by atoms with Crippen LogP contribution in [0.1, 0.15) is 11.3 Å². The molecule has 0 radical (unpaired) electrons. The van der Waals surface area contributed by atoms with Crippen LogP contribution in [0.25, 0.3) is 33.1 Å². The molecule has 0 aliphatic heterocycles. The van der Waals surface area contributed by atoms with Crippen molar-refractivity contribution in [3.8, 4) is 16.9 Å². The molecular weight excluding hydrogens is 304 g/mol. The van der Waals surface area contributed by atoms with E-state index in [1.54, 1.807) is 13.2 Å². The van der Waals surface area contributed by atoms with Crippen LogP contribution in [0.3, 0.4) is 0 Å². The second-order valence-corrected chi connectivity index (χ2v) is 5.84. The first kappa shape index (κ1) is 14.6. The highest BCUT2D eigenvalue weighted by Crippen LogP contribution is 2.34. The molecule has 0 aliphatic rings. The van der Waals surface area contributed by atoms with Gasteiger partial charge in [-0.15, -0.1) is 0 Å². The second kappa shape index (κ2) is 5.27. The average Bonchev–Trinajstić information content (AvgIpc) is 2.86. The van der Waals surface area contributed by atoms with Crippen LogP contribution in [0.2, 0.25) is 0 Å². The van der Waals surface area contributed by atoms with Crippen molar-refractivity contribution in [3.05, 3.63) is 64.2 Å². The Morgan fingerprint density at radius 1 is 0.875 bits per heavy atom. The van der Waals surface area contributed by atoms with Crippen LogP contribution < -0.4 is 10.4 Å². The molecule has 0 N–H and O–H groups in total. The van der Waals surface area contributed by atoms with Crippen molar-refractivity contribution in [2.45, 2.75) is 13.8 Å².